The van der Waals surface area contributed by atoms with E-state index in [1.54, 1.807) is 6.92 Å². The zero-order valence-electron chi connectivity index (χ0n) is 11.0. The van der Waals surface area contributed by atoms with Gasteiger partial charge in [-0.15, -0.1) is 0 Å². The number of carbonyl (C=O) groups is 1. The topological polar surface area (TPSA) is 83.8 Å². The van der Waals surface area contributed by atoms with Crippen molar-refractivity contribution in [1.82, 2.24) is 0 Å². The van der Waals surface area contributed by atoms with Crippen molar-refractivity contribution in [3.05, 3.63) is 34.6 Å². The normalized spacial score (nSPS) is 11.2. The van der Waals surface area contributed by atoms with Crippen LogP contribution < -0.4 is 23.0 Å². The minimum absolute atomic E-state index is 0. The Balaban J connectivity index is 0.00000400. The summed E-state index contributed by atoms with van der Waals surface area (Å²) in [5.74, 6) is -0.136. The van der Waals surface area contributed by atoms with E-state index in [1.807, 2.05) is 0 Å². The van der Waals surface area contributed by atoms with Gasteiger partial charge in [0, 0.05) is 0 Å². The van der Waals surface area contributed by atoms with Crippen molar-refractivity contribution in [2.75, 3.05) is 6.61 Å². The number of benzene rings is 1. The third-order valence-electron chi connectivity index (χ3n) is 1.77. The van der Waals surface area contributed by atoms with Gasteiger partial charge in [-0.25, -0.2) is 8.42 Å². The molecule has 1 rings (SSSR count). The zero-order valence-corrected chi connectivity index (χ0v) is 11.9. The first kappa shape index (κ1) is 19.6. The quantitative estimate of drug-likeness (QED) is 0.711. The van der Waals surface area contributed by atoms with E-state index in [4.69, 9.17) is 0 Å². The number of aryl methyl sites for hydroxylation is 1. The van der Waals surface area contributed by atoms with Gasteiger partial charge >= 0.3 is 25.0 Å². The standard InChI is InChI=1S/C10H10F3NO5S.Li/c1-7-2-4-8(5-3-7)19-20(16,17)14-9(15)18-6-10(11,12)13;/h2-5H,6H2,1H3,(H,14,15);/q;+1/p-1. The van der Waals surface area contributed by atoms with Crippen LogP contribution in [-0.2, 0) is 15.0 Å². The number of rotatable bonds is 4. The predicted octanol–water partition coefficient (Wildman–Crippen LogP) is -0.305. The SMILES string of the molecule is Cc1ccc(OS(=O)(=O)[N-]C(=O)OCC(F)(F)F)cc1.[Li+]. The van der Waals surface area contributed by atoms with Crippen molar-refractivity contribution in [2.45, 2.75) is 13.1 Å². The minimum Gasteiger partial charge on any atom is -0.476 e. The van der Waals surface area contributed by atoms with E-state index >= 15 is 0 Å². The average molecular weight is 319 g/mol. The van der Waals surface area contributed by atoms with Gasteiger partial charge in [-0.3, -0.25) is 4.79 Å². The van der Waals surface area contributed by atoms with E-state index in [1.165, 1.54) is 24.3 Å². The molecule has 6 nitrogen and oxygen atoms in total. The maximum atomic E-state index is 11.7. The van der Waals surface area contributed by atoms with Crippen LogP contribution in [0.4, 0.5) is 18.0 Å². The summed E-state index contributed by atoms with van der Waals surface area (Å²) in [6, 6.07) is 5.66. The Morgan fingerprint density at radius 3 is 2.24 bits per heavy atom. The van der Waals surface area contributed by atoms with Crippen LogP contribution in [0.3, 0.4) is 0 Å². The summed E-state index contributed by atoms with van der Waals surface area (Å²) in [5, 5.41) is 0. The van der Waals surface area contributed by atoms with Gasteiger partial charge in [0.15, 0.2) is 6.61 Å². The van der Waals surface area contributed by atoms with Crippen LogP contribution in [0.25, 0.3) is 4.72 Å². The van der Waals surface area contributed by atoms with E-state index in [9.17, 15) is 26.4 Å². The summed E-state index contributed by atoms with van der Waals surface area (Å²) < 4.78 is 68.1. The van der Waals surface area contributed by atoms with Gasteiger partial charge in [0.2, 0.25) is 6.09 Å². The molecule has 1 amide bonds. The van der Waals surface area contributed by atoms with Crippen LogP contribution in [0, 0.1) is 6.92 Å². The first-order valence-electron chi connectivity index (χ1n) is 5.05. The second-order valence-corrected chi connectivity index (χ2v) is 4.79. The van der Waals surface area contributed by atoms with Gasteiger partial charge in [0.1, 0.15) is 5.75 Å². The van der Waals surface area contributed by atoms with Crippen LogP contribution >= 0.6 is 0 Å². The molecule has 11 heteroatoms. The molecule has 0 fully saturated rings. The number of ether oxygens (including phenoxy) is 1. The predicted molar refractivity (Wildman–Crippen MR) is 61.5 cm³/mol. The fourth-order valence-corrected chi connectivity index (χ4v) is 1.62. The van der Waals surface area contributed by atoms with Gasteiger partial charge < -0.3 is 13.6 Å². The molecule has 0 bridgehead atoms. The molecule has 0 spiro atoms. The maximum Gasteiger partial charge on any atom is 1.00 e. The zero-order chi connectivity index (χ0) is 15.4. The number of halogens is 3. The number of amides is 1. The van der Waals surface area contributed by atoms with Gasteiger partial charge in [-0.2, -0.15) is 13.2 Å². The Hall–Kier alpha value is -1.37. The maximum absolute atomic E-state index is 11.7. The van der Waals surface area contributed by atoms with Gasteiger partial charge in [0.05, 0.1) is 0 Å². The molecule has 0 aromatic heterocycles. The van der Waals surface area contributed by atoms with Gasteiger partial charge in [0.25, 0.3) is 10.3 Å². The molecule has 0 aliphatic heterocycles. The Morgan fingerprint density at radius 2 is 1.76 bits per heavy atom. The second-order valence-electron chi connectivity index (χ2n) is 3.59. The van der Waals surface area contributed by atoms with Crippen LogP contribution in [0.5, 0.6) is 5.75 Å². The molecule has 1 aromatic rings. The summed E-state index contributed by atoms with van der Waals surface area (Å²) in [6.07, 6.45) is -6.68. The molecule has 0 saturated carbocycles. The third kappa shape index (κ3) is 8.49. The third-order valence-corrected chi connectivity index (χ3v) is 2.54. The average Bonchev–Trinajstić information content (AvgIpc) is 2.28. The van der Waals surface area contributed by atoms with Crippen molar-refractivity contribution < 1.29 is 54.2 Å². The molecule has 0 aliphatic rings. The Bertz CT molecular complexity index is 573. The molecule has 0 radical (unpaired) electrons. The van der Waals surface area contributed by atoms with E-state index in [0.717, 1.165) is 5.56 Å². The Kier molecular flexibility index (Phi) is 7.09. The van der Waals surface area contributed by atoms with E-state index in [0.29, 0.717) is 0 Å². The van der Waals surface area contributed by atoms with Crippen LogP contribution in [-0.4, -0.2) is 27.3 Å². The van der Waals surface area contributed by atoms with E-state index in [2.05, 4.69) is 13.6 Å². The molecule has 0 saturated heterocycles. The van der Waals surface area contributed by atoms with Gasteiger partial charge in [-0.1, -0.05) is 17.7 Å². The molecule has 0 aliphatic carbocycles. The van der Waals surface area contributed by atoms with Gasteiger partial charge in [-0.05, 0) is 19.1 Å². The summed E-state index contributed by atoms with van der Waals surface area (Å²) in [5.41, 5.74) is 0.830. The molecule has 21 heavy (non-hydrogen) atoms. The summed E-state index contributed by atoms with van der Waals surface area (Å²) in [7, 11) is -4.73. The number of hydrogen-bond acceptors (Lipinski definition) is 5. The fraction of sp³-hybridized carbons (Fsp3) is 0.300. The first-order chi connectivity index (χ1) is 9.07. The molecule has 0 N–H and O–H groups in total. The molecule has 0 heterocycles. The second kappa shape index (κ2) is 7.58. The van der Waals surface area contributed by atoms with Crippen LogP contribution in [0.15, 0.2) is 24.3 Å². The Labute approximate surface area is 131 Å². The molecule has 1 aromatic carbocycles. The van der Waals surface area contributed by atoms with E-state index in [-0.39, 0.29) is 24.6 Å². The molecular formula is C10H9F3LiNO5S. The first-order valence-corrected chi connectivity index (χ1v) is 6.41. The summed E-state index contributed by atoms with van der Waals surface area (Å²) >= 11 is 0. The van der Waals surface area contributed by atoms with Crippen molar-refractivity contribution >= 4 is 16.4 Å². The Morgan fingerprint density at radius 1 is 1.24 bits per heavy atom. The van der Waals surface area contributed by atoms with Crippen LogP contribution in [0.2, 0.25) is 0 Å². The van der Waals surface area contributed by atoms with Crippen molar-refractivity contribution in [2.24, 2.45) is 0 Å². The molecule has 112 valence electrons. The molecule has 0 atom stereocenters. The molecular weight excluding hydrogens is 310 g/mol. The van der Waals surface area contributed by atoms with Crippen molar-refractivity contribution in [1.29, 1.82) is 0 Å². The van der Waals surface area contributed by atoms with Crippen LogP contribution in [0.1, 0.15) is 5.56 Å². The monoisotopic (exact) mass is 319 g/mol. The fourth-order valence-electron chi connectivity index (χ4n) is 0.995. The van der Waals surface area contributed by atoms with E-state index < -0.39 is 29.2 Å². The number of hydrogen-bond donors (Lipinski definition) is 0. The summed E-state index contributed by atoms with van der Waals surface area (Å²) in [6.45, 7) is -0.188. The number of carbonyl (C=O) groups excluding carboxylic acids is 1. The number of nitrogens with zero attached hydrogens (tertiary/aromatic N) is 1. The van der Waals surface area contributed by atoms with Crippen molar-refractivity contribution in [3.63, 3.8) is 0 Å². The smallest absolute Gasteiger partial charge is 0.476 e. The molecule has 0 unspecified atom stereocenters. The summed E-state index contributed by atoms with van der Waals surface area (Å²) in [4.78, 5) is 10.8. The van der Waals surface area contributed by atoms with Crippen molar-refractivity contribution in [3.8, 4) is 5.75 Å². The number of alkyl halides is 3. The largest absolute Gasteiger partial charge is 1.00 e. The minimum atomic E-state index is -4.77.